The number of amides is 1. The van der Waals surface area contributed by atoms with Crippen LogP contribution in [-0.2, 0) is 11.3 Å². The standard InChI is InChI=1S/C20H20BrN3O2S/c21-16-5-1-4-8-19(16)27-14-9-20(25)23-17-6-2-3-7-18(17)26-13-12-24-11-10-22-15-24/h1-8,10-11,15H,9,12-14H2,(H,23,25). The van der Waals surface area contributed by atoms with E-state index in [4.69, 9.17) is 4.74 Å². The van der Waals surface area contributed by atoms with Crippen molar-refractivity contribution in [3.05, 3.63) is 71.7 Å². The number of imidazole rings is 1. The number of para-hydroxylation sites is 2. The van der Waals surface area contributed by atoms with Gasteiger partial charge in [0.2, 0.25) is 5.91 Å². The molecule has 0 fully saturated rings. The summed E-state index contributed by atoms with van der Waals surface area (Å²) in [5, 5.41) is 2.95. The molecule has 0 saturated carbocycles. The van der Waals surface area contributed by atoms with Gasteiger partial charge in [-0.3, -0.25) is 4.79 Å². The van der Waals surface area contributed by atoms with Crippen LogP contribution < -0.4 is 10.1 Å². The zero-order chi connectivity index (χ0) is 18.9. The Kier molecular flexibility index (Phi) is 7.36. The fraction of sp³-hybridized carbons (Fsp3) is 0.200. The van der Waals surface area contributed by atoms with Crippen molar-refractivity contribution in [1.82, 2.24) is 9.55 Å². The lowest BCUT2D eigenvalue weighted by Crippen LogP contribution is -2.14. The molecule has 1 N–H and O–H groups in total. The Hall–Kier alpha value is -2.25. The first kappa shape index (κ1) is 19.5. The van der Waals surface area contributed by atoms with Crippen LogP contribution in [0.25, 0.3) is 0 Å². The molecule has 0 saturated heterocycles. The Morgan fingerprint density at radius 2 is 2.00 bits per heavy atom. The number of carbonyl (C=O) groups excluding carboxylic acids is 1. The molecule has 0 radical (unpaired) electrons. The molecule has 0 spiro atoms. The predicted octanol–water partition coefficient (Wildman–Crippen LogP) is 4.85. The second kappa shape index (κ2) is 10.2. The van der Waals surface area contributed by atoms with Crippen LogP contribution in [0.5, 0.6) is 5.75 Å². The highest BCUT2D eigenvalue weighted by atomic mass is 79.9. The molecule has 2 aromatic carbocycles. The predicted molar refractivity (Wildman–Crippen MR) is 112 cm³/mol. The van der Waals surface area contributed by atoms with E-state index in [0.717, 1.165) is 9.37 Å². The third kappa shape index (κ3) is 6.15. The number of carbonyl (C=O) groups is 1. The van der Waals surface area contributed by atoms with Crippen molar-refractivity contribution in [2.75, 3.05) is 17.7 Å². The number of hydrogen-bond acceptors (Lipinski definition) is 4. The molecule has 3 rings (SSSR count). The van der Waals surface area contributed by atoms with Crippen LogP contribution in [0.15, 0.2) is 76.6 Å². The van der Waals surface area contributed by atoms with Crippen LogP contribution in [0.3, 0.4) is 0 Å². The summed E-state index contributed by atoms with van der Waals surface area (Å²) in [6, 6.07) is 15.5. The second-order valence-corrected chi connectivity index (χ2v) is 7.71. The molecule has 7 heteroatoms. The monoisotopic (exact) mass is 445 g/mol. The van der Waals surface area contributed by atoms with Crippen molar-refractivity contribution in [3.8, 4) is 5.75 Å². The van der Waals surface area contributed by atoms with Gasteiger partial charge in [-0.15, -0.1) is 11.8 Å². The number of halogens is 1. The Balaban J connectivity index is 1.47. The van der Waals surface area contributed by atoms with E-state index in [1.807, 2.05) is 59.3 Å². The molecule has 0 bridgehead atoms. The lowest BCUT2D eigenvalue weighted by atomic mass is 10.3. The van der Waals surface area contributed by atoms with Gasteiger partial charge in [-0.1, -0.05) is 24.3 Å². The van der Waals surface area contributed by atoms with E-state index in [1.165, 1.54) is 0 Å². The van der Waals surface area contributed by atoms with Crippen LogP contribution in [0.2, 0.25) is 0 Å². The van der Waals surface area contributed by atoms with Gasteiger partial charge in [-0.2, -0.15) is 0 Å². The van der Waals surface area contributed by atoms with Crippen molar-refractivity contribution in [3.63, 3.8) is 0 Å². The van der Waals surface area contributed by atoms with Gasteiger partial charge in [0.05, 0.1) is 18.6 Å². The van der Waals surface area contributed by atoms with Gasteiger partial charge in [-0.25, -0.2) is 4.98 Å². The average molecular weight is 446 g/mol. The van der Waals surface area contributed by atoms with Crippen molar-refractivity contribution in [2.45, 2.75) is 17.9 Å². The fourth-order valence-corrected chi connectivity index (χ4v) is 3.92. The molecule has 3 aromatic rings. The Morgan fingerprint density at radius 3 is 2.81 bits per heavy atom. The van der Waals surface area contributed by atoms with Crippen molar-refractivity contribution in [2.24, 2.45) is 0 Å². The van der Waals surface area contributed by atoms with Crippen LogP contribution in [-0.4, -0.2) is 27.8 Å². The lowest BCUT2D eigenvalue weighted by Gasteiger charge is -2.13. The fourth-order valence-electron chi connectivity index (χ4n) is 2.40. The third-order valence-corrected chi connectivity index (χ3v) is 5.78. The van der Waals surface area contributed by atoms with E-state index in [2.05, 4.69) is 26.2 Å². The molecule has 1 amide bonds. The highest BCUT2D eigenvalue weighted by Gasteiger charge is 2.08. The molecule has 1 aromatic heterocycles. The van der Waals surface area contributed by atoms with E-state index in [1.54, 1.807) is 24.3 Å². The molecular weight excluding hydrogens is 426 g/mol. The highest BCUT2D eigenvalue weighted by Crippen LogP contribution is 2.28. The van der Waals surface area contributed by atoms with E-state index >= 15 is 0 Å². The maximum atomic E-state index is 12.3. The molecule has 0 aliphatic heterocycles. The van der Waals surface area contributed by atoms with Crippen molar-refractivity contribution >= 4 is 39.3 Å². The van der Waals surface area contributed by atoms with Gasteiger partial charge in [0, 0.05) is 33.9 Å². The number of hydrogen-bond donors (Lipinski definition) is 1. The minimum atomic E-state index is -0.0276. The minimum absolute atomic E-state index is 0.0276. The first-order valence-electron chi connectivity index (χ1n) is 8.57. The molecule has 0 unspecified atom stereocenters. The van der Waals surface area contributed by atoms with Gasteiger partial charge < -0.3 is 14.6 Å². The number of rotatable bonds is 9. The largest absolute Gasteiger partial charge is 0.490 e. The number of thioether (sulfide) groups is 1. The van der Waals surface area contributed by atoms with Gasteiger partial charge in [0.1, 0.15) is 12.4 Å². The van der Waals surface area contributed by atoms with E-state index in [-0.39, 0.29) is 5.91 Å². The SMILES string of the molecule is O=C(CCSc1ccccc1Br)Nc1ccccc1OCCn1ccnc1. The number of aromatic nitrogens is 2. The Bertz CT molecular complexity index is 871. The van der Waals surface area contributed by atoms with Crippen LogP contribution in [0.1, 0.15) is 6.42 Å². The quantitative estimate of drug-likeness (QED) is 0.478. The summed E-state index contributed by atoms with van der Waals surface area (Å²) in [5.74, 6) is 1.35. The van der Waals surface area contributed by atoms with E-state index < -0.39 is 0 Å². The first-order chi connectivity index (χ1) is 13.2. The van der Waals surface area contributed by atoms with Gasteiger partial charge >= 0.3 is 0 Å². The number of nitrogens with one attached hydrogen (secondary N) is 1. The highest BCUT2D eigenvalue weighted by molar-refractivity contribution is 9.10. The maximum Gasteiger partial charge on any atom is 0.225 e. The molecule has 27 heavy (non-hydrogen) atoms. The summed E-state index contributed by atoms with van der Waals surface area (Å²) >= 11 is 5.18. The first-order valence-corrected chi connectivity index (χ1v) is 10.3. The van der Waals surface area contributed by atoms with Crippen LogP contribution in [0.4, 0.5) is 5.69 Å². The Labute approximate surface area is 171 Å². The molecule has 5 nitrogen and oxygen atoms in total. The summed E-state index contributed by atoms with van der Waals surface area (Å²) < 4.78 is 8.82. The smallest absolute Gasteiger partial charge is 0.225 e. The van der Waals surface area contributed by atoms with Crippen LogP contribution >= 0.6 is 27.7 Å². The van der Waals surface area contributed by atoms with Crippen molar-refractivity contribution < 1.29 is 9.53 Å². The molecule has 0 aliphatic carbocycles. The third-order valence-electron chi connectivity index (χ3n) is 3.75. The van der Waals surface area contributed by atoms with Gasteiger partial charge in [-0.05, 0) is 40.2 Å². The average Bonchev–Trinajstić information content (AvgIpc) is 3.18. The molecule has 0 atom stereocenters. The second-order valence-electron chi connectivity index (χ2n) is 5.72. The number of nitrogens with zero attached hydrogens (tertiary/aromatic N) is 2. The zero-order valence-electron chi connectivity index (χ0n) is 14.7. The van der Waals surface area contributed by atoms with Crippen LogP contribution in [0, 0.1) is 0 Å². The summed E-state index contributed by atoms with van der Waals surface area (Å²) in [6.45, 7) is 1.20. The van der Waals surface area contributed by atoms with Gasteiger partial charge in [0.15, 0.2) is 0 Å². The lowest BCUT2D eigenvalue weighted by molar-refractivity contribution is -0.115. The topological polar surface area (TPSA) is 56.1 Å². The van der Waals surface area contributed by atoms with E-state index in [0.29, 0.717) is 36.8 Å². The normalized spacial score (nSPS) is 10.6. The Morgan fingerprint density at radius 1 is 1.19 bits per heavy atom. The van der Waals surface area contributed by atoms with E-state index in [9.17, 15) is 4.79 Å². The summed E-state index contributed by atoms with van der Waals surface area (Å²) in [6.07, 6.45) is 5.80. The maximum absolute atomic E-state index is 12.3. The number of benzene rings is 2. The summed E-state index contributed by atoms with van der Waals surface area (Å²) in [7, 11) is 0. The summed E-state index contributed by atoms with van der Waals surface area (Å²) in [4.78, 5) is 17.4. The zero-order valence-corrected chi connectivity index (χ0v) is 17.1. The summed E-state index contributed by atoms with van der Waals surface area (Å²) in [5.41, 5.74) is 0.694. The minimum Gasteiger partial charge on any atom is -0.490 e. The molecule has 1 heterocycles. The van der Waals surface area contributed by atoms with Gasteiger partial charge in [0.25, 0.3) is 0 Å². The number of anilines is 1. The molecule has 0 aliphatic rings. The van der Waals surface area contributed by atoms with Crippen molar-refractivity contribution in [1.29, 1.82) is 0 Å². The molecular formula is C20H20BrN3O2S. The number of ether oxygens (including phenoxy) is 1. The molecule has 140 valence electrons.